The van der Waals surface area contributed by atoms with E-state index in [4.69, 9.17) is 24.7 Å². The third-order valence-corrected chi connectivity index (χ3v) is 9.70. The number of anilines is 1. The molecule has 0 fully saturated rings. The van der Waals surface area contributed by atoms with E-state index in [1.165, 1.54) is 11.8 Å². The molecule has 4 N–H and O–H groups in total. The average Bonchev–Trinajstić information content (AvgIpc) is 3.66. The van der Waals surface area contributed by atoms with Crippen molar-refractivity contribution in [2.24, 2.45) is 11.7 Å². The zero-order chi connectivity index (χ0) is 39.5. The van der Waals surface area contributed by atoms with Gasteiger partial charge in [-0.2, -0.15) is 5.10 Å². The molecule has 2 heterocycles. The summed E-state index contributed by atoms with van der Waals surface area (Å²) in [5.41, 5.74) is 13.2. The molecule has 0 spiro atoms. The highest BCUT2D eigenvalue weighted by molar-refractivity contribution is 6.02. The predicted octanol–water partition coefficient (Wildman–Crippen LogP) is 8.17. The van der Waals surface area contributed by atoms with Gasteiger partial charge in [0.2, 0.25) is 12.1 Å². The Morgan fingerprint density at radius 1 is 0.768 bits per heavy atom. The average molecular weight is 757 g/mol. The van der Waals surface area contributed by atoms with Crippen LogP contribution < -0.4 is 11.1 Å². The van der Waals surface area contributed by atoms with E-state index in [-0.39, 0.29) is 25.4 Å². The first kappa shape index (κ1) is 40.3. The number of rotatable bonds is 20. The molecule has 0 saturated carbocycles. The number of aromatic nitrogens is 2. The Morgan fingerprint density at radius 3 is 1.91 bits per heavy atom. The Kier molecular flexibility index (Phi) is 13.7. The number of nitrogens with two attached hydrogens (primary N) is 1. The number of aliphatic hydroxyl groups excluding tert-OH is 1. The number of nitrogens with one attached hydrogen (secondary N) is 1. The van der Waals surface area contributed by atoms with Crippen LogP contribution in [0, 0.1) is 5.92 Å². The fraction of sp³-hybridized carbons (Fsp3) is 0.304. The standard InChI is InChI=1S/C46H52N4O6/c1-32(2)24-34-20-22-37(23-21-34)30-56-46(4,55-29-36-16-10-6-11-17-36)45(52)54-31-41(33(3)53-28-35-14-8-5-9-15-35)49-43-40(44(47)51)26-48-50-27-39(25-42(43)50)38-18-12-7-13-19-38/h5-23,25-27,32-33,41,45,49,52H,24,28-31H2,1-4H3,(H2,47,51). The number of hydrogen-bond acceptors (Lipinski definition) is 8. The summed E-state index contributed by atoms with van der Waals surface area (Å²) in [5, 5.41) is 19.8. The summed E-state index contributed by atoms with van der Waals surface area (Å²) in [6.45, 7) is 8.61. The molecule has 0 bridgehead atoms. The van der Waals surface area contributed by atoms with Crippen molar-refractivity contribution >= 4 is 17.1 Å². The SMILES string of the molecule is CC(C)Cc1ccc(COC(C)(OCc2ccccc2)C(O)OCC(Nc2c(C(N)=O)cnn3cc(-c4ccccc4)cc23)C(C)OCc2ccccc2)cc1. The van der Waals surface area contributed by atoms with Crippen molar-refractivity contribution in [2.75, 3.05) is 11.9 Å². The third-order valence-electron chi connectivity index (χ3n) is 9.70. The lowest BCUT2D eigenvalue weighted by molar-refractivity contribution is -0.342. The van der Waals surface area contributed by atoms with Gasteiger partial charge < -0.3 is 35.1 Å². The van der Waals surface area contributed by atoms with Crippen LogP contribution in [0.4, 0.5) is 5.69 Å². The smallest absolute Gasteiger partial charge is 0.252 e. The minimum absolute atomic E-state index is 0.0619. The molecule has 56 heavy (non-hydrogen) atoms. The highest BCUT2D eigenvalue weighted by Crippen LogP contribution is 2.30. The number of amides is 1. The first-order chi connectivity index (χ1) is 27.1. The molecule has 0 radical (unpaired) electrons. The number of benzene rings is 4. The van der Waals surface area contributed by atoms with Crippen LogP contribution in [0.15, 0.2) is 134 Å². The van der Waals surface area contributed by atoms with E-state index < -0.39 is 30.1 Å². The van der Waals surface area contributed by atoms with Gasteiger partial charge in [0.25, 0.3) is 5.91 Å². The summed E-state index contributed by atoms with van der Waals surface area (Å²) in [7, 11) is 0. The topological polar surface area (TPSA) is 130 Å². The number of ether oxygens (including phenoxy) is 4. The van der Waals surface area contributed by atoms with Crippen LogP contribution >= 0.6 is 0 Å². The van der Waals surface area contributed by atoms with Crippen molar-refractivity contribution in [3.63, 3.8) is 0 Å². The predicted molar refractivity (Wildman–Crippen MR) is 219 cm³/mol. The van der Waals surface area contributed by atoms with Crippen molar-refractivity contribution in [1.29, 1.82) is 0 Å². The number of carbonyl (C=O) groups excluding carboxylic acids is 1. The Morgan fingerprint density at radius 2 is 1.32 bits per heavy atom. The molecule has 10 nitrogen and oxygen atoms in total. The summed E-state index contributed by atoms with van der Waals surface area (Å²) in [5.74, 6) is -1.67. The van der Waals surface area contributed by atoms with E-state index in [9.17, 15) is 9.90 Å². The molecule has 1 amide bonds. The summed E-state index contributed by atoms with van der Waals surface area (Å²) in [6, 6.07) is 39.1. The number of hydrogen-bond donors (Lipinski definition) is 3. The Bertz CT molecular complexity index is 2130. The normalized spacial score (nSPS) is 14.3. The van der Waals surface area contributed by atoms with Gasteiger partial charge in [0.05, 0.1) is 61.5 Å². The van der Waals surface area contributed by atoms with Gasteiger partial charge in [-0.05, 0) is 60.1 Å². The maximum absolute atomic E-state index is 12.8. The van der Waals surface area contributed by atoms with E-state index in [1.54, 1.807) is 11.4 Å². The fourth-order valence-electron chi connectivity index (χ4n) is 6.38. The molecule has 0 saturated heterocycles. The molecule has 4 aromatic carbocycles. The number of fused-ring (bicyclic) bond motifs is 1. The zero-order valence-corrected chi connectivity index (χ0v) is 32.5. The highest BCUT2D eigenvalue weighted by atomic mass is 16.7. The lowest BCUT2D eigenvalue weighted by atomic mass is 10.0. The van der Waals surface area contributed by atoms with E-state index >= 15 is 0 Å². The summed E-state index contributed by atoms with van der Waals surface area (Å²) in [4.78, 5) is 12.8. The van der Waals surface area contributed by atoms with Crippen LogP contribution in [0.2, 0.25) is 0 Å². The lowest BCUT2D eigenvalue weighted by Gasteiger charge is -2.36. The minimum atomic E-state index is -1.57. The molecule has 10 heteroatoms. The molecule has 2 aromatic heterocycles. The van der Waals surface area contributed by atoms with Gasteiger partial charge in [-0.1, -0.05) is 129 Å². The van der Waals surface area contributed by atoms with E-state index in [1.807, 2.05) is 122 Å². The van der Waals surface area contributed by atoms with E-state index in [2.05, 4.69) is 36.4 Å². The van der Waals surface area contributed by atoms with Gasteiger partial charge >= 0.3 is 0 Å². The van der Waals surface area contributed by atoms with Crippen LogP contribution in [0.5, 0.6) is 0 Å². The monoisotopic (exact) mass is 756 g/mol. The molecule has 4 atom stereocenters. The van der Waals surface area contributed by atoms with Crippen molar-refractivity contribution in [1.82, 2.24) is 9.61 Å². The van der Waals surface area contributed by atoms with Crippen molar-refractivity contribution in [3.8, 4) is 11.1 Å². The molecule has 0 aliphatic carbocycles. The second kappa shape index (κ2) is 19.0. The lowest BCUT2D eigenvalue weighted by Crippen LogP contribution is -2.48. The van der Waals surface area contributed by atoms with E-state index in [0.717, 1.165) is 34.2 Å². The second-order valence-electron chi connectivity index (χ2n) is 14.7. The first-order valence-electron chi connectivity index (χ1n) is 19.1. The Balaban J connectivity index is 1.26. The van der Waals surface area contributed by atoms with Crippen LogP contribution in [0.1, 0.15) is 60.3 Å². The minimum Gasteiger partial charge on any atom is -0.375 e. The fourth-order valence-corrected chi connectivity index (χ4v) is 6.38. The molecule has 292 valence electrons. The maximum Gasteiger partial charge on any atom is 0.252 e. The molecule has 0 aliphatic heterocycles. The quantitative estimate of drug-likeness (QED) is 0.0666. The molecule has 6 rings (SSSR count). The number of primary amides is 1. The van der Waals surface area contributed by atoms with Crippen LogP contribution in [-0.4, -0.2) is 51.5 Å². The third kappa shape index (κ3) is 10.7. The van der Waals surface area contributed by atoms with Gasteiger partial charge in [-0.3, -0.25) is 4.79 Å². The molecule has 0 aliphatic rings. The summed E-state index contributed by atoms with van der Waals surface area (Å²) in [6.07, 6.45) is 2.33. The molecular weight excluding hydrogens is 705 g/mol. The highest BCUT2D eigenvalue weighted by Gasteiger charge is 2.38. The summed E-state index contributed by atoms with van der Waals surface area (Å²) >= 11 is 0. The number of aliphatic hydroxyl groups is 1. The maximum atomic E-state index is 12.8. The largest absolute Gasteiger partial charge is 0.375 e. The van der Waals surface area contributed by atoms with Gasteiger partial charge in [-0.15, -0.1) is 0 Å². The first-order valence-corrected chi connectivity index (χ1v) is 19.1. The Labute approximate surface area is 329 Å². The van der Waals surface area contributed by atoms with Crippen molar-refractivity contribution in [3.05, 3.63) is 162 Å². The molecule has 6 aromatic rings. The van der Waals surface area contributed by atoms with Gasteiger partial charge in [-0.25, -0.2) is 4.52 Å². The Hall–Kier alpha value is -5.36. The van der Waals surface area contributed by atoms with E-state index in [0.29, 0.717) is 23.7 Å². The zero-order valence-electron chi connectivity index (χ0n) is 32.5. The summed E-state index contributed by atoms with van der Waals surface area (Å²) < 4.78 is 27.0. The van der Waals surface area contributed by atoms with Crippen LogP contribution in [0.25, 0.3) is 16.6 Å². The van der Waals surface area contributed by atoms with Gasteiger partial charge in [0.15, 0.2) is 0 Å². The van der Waals surface area contributed by atoms with Crippen molar-refractivity contribution < 1.29 is 28.8 Å². The molecule has 4 unspecified atom stereocenters. The second-order valence-corrected chi connectivity index (χ2v) is 14.7. The molecular formula is C46H52N4O6. The number of nitrogens with zero attached hydrogens (tertiary/aromatic N) is 2. The van der Waals surface area contributed by atoms with Crippen LogP contribution in [0.3, 0.4) is 0 Å². The van der Waals surface area contributed by atoms with Gasteiger partial charge in [0.1, 0.15) is 0 Å². The van der Waals surface area contributed by atoms with Crippen LogP contribution in [-0.2, 0) is 45.2 Å². The number of carbonyl (C=O) groups is 1. The van der Waals surface area contributed by atoms with Crippen molar-refractivity contribution in [2.45, 2.75) is 78.2 Å². The van der Waals surface area contributed by atoms with Gasteiger partial charge in [0, 0.05) is 11.8 Å².